The normalized spacial score (nSPS) is 29.3. The van der Waals surface area contributed by atoms with Gasteiger partial charge in [0.25, 0.3) is 0 Å². The maximum atomic E-state index is 12.6. The van der Waals surface area contributed by atoms with Crippen molar-refractivity contribution in [2.45, 2.75) is 83.3 Å². The summed E-state index contributed by atoms with van der Waals surface area (Å²) in [5, 5.41) is 3.32. The minimum Gasteiger partial charge on any atom is -0.353 e. The molecule has 3 aliphatic rings. The van der Waals surface area contributed by atoms with E-state index < -0.39 is 0 Å². The van der Waals surface area contributed by atoms with Crippen LogP contribution in [-0.2, 0) is 4.79 Å². The van der Waals surface area contributed by atoms with Crippen molar-refractivity contribution < 1.29 is 4.79 Å². The van der Waals surface area contributed by atoms with Crippen molar-refractivity contribution >= 4 is 5.91 Å². The molecule has 0 aromatic carbocycles. The predicted molar refractivity (Wildman–Crippen MR) is 94.4 cm³/mol. The number of piperidine rings is 2. The van der Waals surface area contributed by atoms with E-state index in [2.05, 4.69) is 29.0 Å². The number of likely N-dealkylation sites (tertiary alicyclic amines) is 2. The molecule has 1 amide bonds. The van der Waals surface area contributed by atoms with Crippen molar-refractivity contribution in [1.29, 1.82) is 0 Å². The van der Waals surface area contributed by atoms with Gasteiger partial charge in [-0.1, -0.05) is 12.8 Å². The molecular formula is C19H35N3O. The molecule has 1 aliphatic carbocycles. The van der Waals surface area contributed by atoms with Crippen LogP contribution in [0, 0.1) is 5.92 Å². The first-order chi connectivity index (χ1) is 11.1. The first-order valence-electron chi connectivity index (χ1n) is 9.92. The largest absolute Gasteiger partial charge is 0.353 e. The summed E-state index contributed by atoms with van der Waals surface area (Å²) in [6.07, 6.45) is 9.77. The molecule has 1 N–H and O–H groups in total. The lowest BCUT2D eigenvalue weighted by Gasteiger charge is -2.43. The molecule has 2 saturated heterocycles. The molecule has 23 heavy (non-hydrogen) atoms. The molecule has 4 heteroatoms. The first kappa shape index (κ1) is 17.2. The second kappa shape index (κ2) is 7.98. The third kappa shape index (κ3) is 4.48. The van der Waals surface area contributed by atoms with Crippen molar-refractivity contribution in [3.8, 4) is 0 Å². The van der Waals surface area contributed by atoms with Crippen molar-refractivity contribution in [1.82, 2.24) is 15.1 Å². The van der Waals surface area contributed by atoms with Gasteiger partial charge in [-0.15, -0.1) is 0 Å². The SMILES string of the molecule is CC(C)N1CCC(N2CCC[C@H](C(=O)NC3CCCC3)C2)CC1. The summed E-state index contributed by atoms with van der Waals surface area (Å²) in [5.74, 6) is 0.564. The highest BCUT2D eigenvalue weighted by Gasteiger charge is 2.32. The van der Waals surface area contributed by atoms with Crippen LogP contribution in [0.15, 0.2) is 0 Å². The maximum absolute atomic E-state index is 12.6. The van der Waals surface area contributed by atoms with Gasteiger partial charge in [0.1, 0.15) is 0 Å². The number of rotatable bonds is 4. The number of carbonyl (C=O) groups is 1. The van der Waals surface area contributed by atoms with Gasteiger partial charge in [0.2, 0.25) is 5.91 Å². The van der Waals surface area contributed by atoms with Gasteiger partial charge in [-0.3, -0.25) is 9.69 Å². The van der Waals surface area contributed by atoms with Crippen LogP contribution < -0.4 is 5.32 Å². The van der Waals surface area contributed by atoms with Crippen LogP contribution in [0.3, 0.4) is 0 Å². The van der Waals surface area contributed by atoms with E-state index in [1.54, 1.807) is 0 Å². The summed E-state index contributed by atoms with van der Waals surface area (Å²) in [4.78, 5) is 17.8. The average molecular weight is 322 g/mol. The standard InChI is InChI=1S/C19H35N3O/c1-15(2)21-12-9-18(10-13-21)22-11-5-6-16(14-22)19(23)20-17-7-3-4-8-17/h15-18H,3-14H2,1-2H3,(H,20,23)/t16-/m0/s1. The van der Waals surface area contributed by atoms with E-state index in [4.69, 9.17) is 0 Å². The Kier molecular flexibility index (Phi) is 5.97. The Hall–Kier alpha value is -0.610. The molecule has 0 bridgehead atoms. The summed E-state index contributed by atoms with van der Waals surface area (Å²) in [6.45, 7) is 9.22. The molecule has 0 aromatic rings. The summed E-state index contributed by atoms with van der Waals surface area (Å²) in [6, 6.07) is 1.83. The van der Waals surface area contributed by atoms with Crippen LogP contribution in [-0.4, -0.2) is 60.0 Å². The van der Waals surface area contributed by atoms with E-state index in [1.807, 2.05) is 0 Å². The molecular weight excluding hydrogens is 286 g/mol. The molecule has 3 rings (SSSR count). The predicted octanol–water partition coefficient (Wildman–Crippen LogP) is 2.63. The fourth-order valence-corrected chi connectivity index (χ4v) is 4.71. The second-order valence-electron chi connectivity index (χ2n) is 8.18. The minimum atomic E-state index is 0.229. The zero-order valence-electron chi connectivity index (χ0n) is 15.1. The Bertz CT molecular complexity index is 384. The van der Waals surface area contributed by atoms with E-state index in [9.17, 15) is 4.79 Å². The summed E-state index contributed by atoms with van der Waals surface area (Å²) in [5.41, 5.74) is 0. The van der Waals surface area contributed by atoms with Crippen LogP contribution in [0.1, 0.15) is 65.2 Å². The highest BCUT2D eigenvalue weighted by molar-refractivity contribution is 5.79. The molecule has 0 radical (unpaired) electrons. The summed E-state index contributed by atoms with van der Waals surface area (Å²) < 4.78 is 0. The van der Waals surface area contributed by atoms with Gasteiger partial charge in [-0.25, -0.2) is 0 Å². The van der Waals surface area contributed by atoms with Crippen molar-refractivity contribution in [2.24, 2.45) is 5.92 Å². The van der Waals surface area contributed by atoms with Crippen molar-refractivity contribution in [2.75, 3.05) is 26.2 Å². The number of amides is 1. The Morgan fingerprint density at radius 2 is 1.65 bits per heavy atom. The third-order valence-electron chi connectivity index (χ3n) is 6.27. The quantitative estimate of drug-likeness (QED) is 0.864. The Balaban J connectivity index is 1.47. The first-order valence-corrected chi connectivity index (χ1v) is 9.92. The van der Waals surface area contributed by atoms with Gasteiger partial charge in [-0.2, -0.15) is 0 Å². The Morgan fingerprint density at radius 1 is 0.957 bits per heavy atom. The molecule has 0 unspecified atom stereocenters. The van der Waals surface area contributed by atoms with Gasteiger partial charge < -0.3 is 10.2 Å². The smallest absolute Gasteiger partial charge is 0.224 e. The van der Waals surface area contributed by atoms with Crippen LogP contribution in [0.5, 0.6) is 0 Å². The summed E-state index contributed by atoms with van der Waals surface area (Å²) in [7, 11) is 0. The molecule has 1 atom stereocenters. The number of nitrogens with one attached hydrogen (secondary N) is 1. The van der Waals surface area contributed by atoms with Gasteiger partial charge in [0.05, 0.1) is 5.92 Å². The van der Waals surface area contributed by atoms with E-state index in [-0.39, 0.29) is 5.92 Å². The van der Waals surface area contributed by atoms with Gasteiger partial charge in [0, 0.05) is 24.7 Å². The number of nitrogens with zero attached hydrogens (tertiary/aromatic N) is 2. The topological polar surface area (TPSA) is 35.6 Å². The zero-order valence-corrected chi connectivity index (χ0v) is 15.1. The number of hydrogen-bond acceptors (Lipinski definition) is 3. The van der Waals surface area contributed by atoms with Gasteiger partial charge >= 0.3 is 0 Å². The van der Waals surface area contributed by atoms with Crippen LogP contribution >= 0.6 is 0 Å². The van der Waals surface area contributed by atoms with E-state index in [0.29, 0.717) is 24.0 Å². The molecule has 132 valence electrons. The summed E-state index contributed by atoms with van der Waals surface area (Å²) >= 11 is 0. The third-order valence-corrected chi connectivity index (χ3v) is 6.27. The lowest BCUT2D eigenvalue weighted by atomic mass is 9.92. The van der Waals surface area contributed by atoms with E-state index >= 15 is 0 Å². The molecule has 2 heterocycles. The zero-order chi connectivity index (χ0) is 16.2. The molecule has 2 aliphatic heterocycles. The highest BCUT2D eigenvalue weighted by atomic mass is 16.2. The van der Waals surface area contributed by atoms with E-state index in [1.165, 1.54) is 64.6 Å². The number of carbonyl (C=O) groups excluding carboxylic acids is 1. The molecule has 1 saturated carbocycles. The monoisotopic (exact) mass is 321 g/mol. The molecule has 4 nitrogen and oxygen atoms in total. The Labute approximate surface area is 142 Å². The molecule has 0 spiro atoms. The van der Waals surface area contributed by atoms with Crippen LogP contribution in [0.25, 0.3) is 0 Å². The fourth-order valence-electron chi connectivity index (χ4n) is 4.71. The second-order valence-corrected chi connectivity index (χ2v) is 8.18. The lowest BCUT2D eigenvalue weighted by Crippen LogP contribution is -2.52. The van der Waals surface area contributed by atoms with Crippen LogP contribution in [0.4, 0.5) is 0 Å². The van der Waals surface area contributed by atoms with Crippen LogP contribution in [0.2, 0.25) is 0 Å². The minimum absolute atomic E-state index is 0.229. The number of hydrogen-bond donors (Lipinski definition) is 1. The van der Waals surface area contributed by atoms with Crippen molar-refractivity contribution in [3.05, 3.63) is 0 Å². The fraction of sp³-hybridized carbons (Fsp3) is 0.947. The Morgan fingerprint density at radius 3 is 2.30 bits per heavy atom. The van der Waals surface area contributed by atoms with Crippen molar-refractivity contribution in [3.63, 3.8) is 0 Å². The lowest BCUT2D eigenvalue weighted by molar-refractivity contribution is -0.127. The van der Waals surface area contributed by atoms with Gasteiger partial charge in [0.15, 0.2) is 0 Å². The van der Waals surface area contributed by atoms with E-state index in [0.717, 1.165) is 13.0 Å². The highest BCUT2D eigenvalue weighted by Crippen LogP contribution is 2.25. The average Bonchev–Trinajstić information content (AvgIpc) is 3.08. The van der Waals surface area contributed by atoms with Gasteiger partial charge in [-0.05, 0) is 72.0 Å². The maximum Gasteiger partial charge on any atom is 0.224 e. The molecule has 3 fully saturated rings. The molecule has 0 aromatic heterocycles.